The van der Waals surface area contributed by atoms with Crippen LogP contribution in [-0.2, 0) is 0 Å². The first-order valence-electron chi connectivity index (χ1n) is 5.13. The molecule has 0 saturated heterocycles. The standard InChI is InChI=1S/C10H19N/c1-2-9-6-10(9)11-7-8-4-3-5-8/h8-11H,2-7H2,1H3. The fourth-order valence-electron chi connectivity index (χ4n) is 1.96. The van der Waals surface area contributed by atoms with Crippen molar-refractivity contribution in [2.24, 2.45) is 11.8 Å². The summed E-state index contributed by atoms with van der Waals surface area (Å²) in [6.07, 6.45) is 7.27. The van der Waals surface area contributed by atoms with Gasteiger partial charge in [0, 0.05) is 6.04 Å². The maximum absolute atomic E-state index is 3.66. The lowest BCUT2D eigenvalue weighted by Gasteiger charge is -2.25. The van der Waals surface area contributed by atoms with E-state index in [4.69, 9.17) is 0 Å². The Morgan fingerprint density at radius 1 is 1.36 bits per heavy atom. The minimum Gasteiger partial charge on any atom is -0.313 e. The van der Waals surface area contributed by atoms with Gasteiger partial charge in [0.05, 0.1) is 0 Å². The van der Waals surface area contributed by atoms with E-state index in [1.54, 1.807) is 0 Å². The lowest BCUT2D eigenvalue weighted by atomic mass is 9.85. The van der Waals surface area contributed by atoms with Gasteiger partial charge in [-0.25, -0.2) is 0 Å². The molecule has 64 valence electrons. The lowest BCUT2D eigenvalue weighted by molar-refractivity contribution is 0.299. The zero-order valence-electron chi connectivity index (χ0n) is 7.47. The second kappa shape index (κ2) is 3.14. The zero-order valence-corrected chi connectivity index (χ0v) is 7.47. The minimum absolute atomic E-state index is 0.903. The van der Waals surface area contributed by atoms with Gasteiger partial charge in [0.2, 0.25) is 0 Å². The first kappa shape index (κ1) is 7.60. The Morgan fingerprint density at radius 2 is 2.18 bits per heavy atom. The highest BCUT2D eigenvalue weighted by molar-refractivity contribution is 4.92. The van der Waals surface area contributed by atoms with Crippen molar-refractivity contribution >= 4 is 0 Å². The molecule has 0 amide bonds. The SMILES string of the molecule is CCC1CC1NCC1CCC1. The number of nitrogens with one attached hydrogen (secondary N) is 1. The fourth-order valence-corrected chi connectivity index (χ4v) is 1.96. The highest BCUT2D eigenvalue weighted by atomic mass is 15.0. The van der Waals surface area contributed by atoms with Crippen molar-refractivity contribution in [3.63, 3.8) is 0 Å². The summed E-state index contributed by atoms with van der Waals surface area (Å²) in [4.78, 5) is 0. The van der Waals surface area contributed by atoms with Crippen molar-refractivity contribution < 1.29 is 0 Å². The summed E-state index contributed by atoms with van der Waals surface area (Å²) in [5, 5.41) is 3.66. The summed E-state index contributed by atoms with van der Waals surface area (Å²) in [7, 11) is 0. The van der Waals surface area contributed by atoms with Crippen LogP contribution in [0.2, 0.25) is 0 Å². The van der Waals surface area contributed by atoms with E-state index in [2.05, 4.69) is 12.2 Å². The Kier molecular flexibility index (Phi) is 2.17. The van der Waals surface area contributed by atoms with Gasteiger partial charge in [0.25, 0.3) is 0 Å². The van der Waals surface area contributed by atoms with E-state index < -0.39 is 0 Å². The van der Waals surface area contributed by atoms with Crippen LogP contribution in [0.4, 0.5) is 0 Å². The summed E-state index contributed by atoms with van der Waals surface area (Å²) in [5.41, 5.74) is 0. The average molecular weight is 153 g/mol. The average Bonchev–Trinajstić information content (AvgIpc) is 2.64. The van der Waals surface area contributed by atoms with Gasteiger partial charge in [0.15, 0.2) is 0 Å². The van der Waals surface area contributed by atoms with Crippen LogP contribution < -0.4 is 5.32 Å². The number of hydrogen-bond acceptors (Lipinski definition) is 1. The molecule has 0 spiro atoms. The van der Waals surface area contributed by atoms with Crippen molar-refractivity contribution in [2.45, 2.75) is 45.1 Å². The van der Waals surface area contributed by atoms with E-state index in [0.717, 1.165) is 17.9 Å². The van der Waals surface area contributed by atoms with Crippen LogP contribution in [0.3, 0.4) is 0 Å². The molecule has 2 fully saturated rings. The molecule has 2 unspecified atom stereocenters. The number of rotatable bonds is 4. The first-order chi connectivity index (χ1) is 5.40. The molecule has 0 aromatic heterocycles. The molecular formula is C10H19N. The molecule has 2 rings (SSSR count). The summed E-state index contributed by atoms with van der Waals surface area (Å²) < 4.78 is 0. The highest BCUT2D eigenvalue weighted by Crippen LogP contribution is 2.34. The van der Waals surface area contributed by atoms with Crippen molar-refractivity contribution in [1.29, 1.82) is 0 Å². The van der Waals surface area contributed by atoms with Crippen molar-refractivity contribution in [3.8, 4) is 0 Å². The summed E-state index contributed by atoms with van der Waals surface area (Å²) in [6, 6.07) is 0.903. The van der Waals surface area contributed by atoms with Crippen molar-refractivity contribution in [2.75, 3.05) is 6.54 Å². The van der Waals surface area contributed by atoms with Crippen molar-refractivity contribution in [3.05, 3.63) is 0 Å². The highest BCUT2D eigenvalue weighted by Gasteiger charge is 2.35. The molecule has 2 saturated carbocycles. The van der Waals surface area contributed by atoms with Gasteiger partial charge in [-0.05, 0) is 37.6 Å². The largest absolute Gasteiger partial charge is 0.313 e. The molecule has 1 heteroatoms. The van der Waals surface area contributed by atoms with E-state index in [1.807, 2.05) is 0 Å². The molecule has 2 aliphatic rings. The second-order valence-electron chi connectivity index (χ2n) is 4.22. The van der Waals surface area contributed by atoms with Crippen LogP contribution in [0.15, 0.2) is 0 Å². The third-order valence-corrected chi connectivity index (χ3v) is 3.34. The van der Waals surface area contributed by atoms with Crippen LogP contribution in [0, 0.1) is 11.8 Å². The van der Waals surface area contributed by atoms with Gasteiger partial charge < -0.3 is 5.32 Å². The second-order valence-corrected chi connectivity index (χ2v) is 4.22. The summed E-state index contributed by atoms with van der Waals surface area (Å²) in [5.74, 6) is 2.06. The predicted octanol–water partition coefficient (Wildman–Crippen LogP) is 2.17. The van der Waals surface area contributed by atoms with Gasteiger partial charge in [-0.2, -0.15) is 0 Å². The molecule has 2 atom stereocenters. The van der Waals surface area contributed by atoms with Gasteiger partial charge >= 0.3 is 0 Å². The maximum atomic E-state index is 3.66. The maximum Gasteiger partial charge on any atom is 0.00991 e. The zero-order chi connectivity index (χ0) is 7.68. The van der Waals surface area contributed by atoms with Crippen LogP contribution >= 0.6 is 0 Å². The molecule has 0 aliphatic heterocycles. The monoisotopic (exact) mass is 153 g/mol. The normalized spacial score (nSPS) is 36.8. The van der Waals surface area contributed by atoms with E-state index in [1.165, 1.54) is 38.6 Å². The van der Waals surface area contributed by atoms with E-state index in [-0.39, 0.29) is 0 Å². The Hall–Kier alpha value is -0.0400. The number of hydrogen-bond donors (Lipinski definition) is 1. The van der Waals surface area contributed by atoms with Gasteiger partial charge in [-0.3, -0.25) is 0 Å². The summed E-state index contributed by atoms with van der Waals surface area (Å²) >= 11 is 0. The van der Waals surface area contributed by atoms with Gasteiger partial charge in [-0.1, -0.05) is 19.8 Å². The Labute approximate surface area is 69.6 Å². The molecule has 0 radical (unpaired) electrons. The summed E-state index contributed by atoms with van der Waals surface area (Å²) in [6.45, 7) is 3.61. The third kappa shape index (κ3) is 1.76. The molecule has 0 heterocycles. The Balaban J connectivity index is 1.54. The third-order valence-electron chi connectivity index (χ3n) is 3.34. The van der Waals surface area contributed by atoms with Gasteiger partial charge in [0.1, 0.15) is 0 Å². The molecule has 0 aromatic carbocycles. The first-order valence-corrected chi connectivity index (χ1v) is 5.13. The van der Waals surface area contributed by atoms with Crippen LogP contribution in [0.1, 0.15) is 39.0 Å². The minimum atomic E-state index is 0.903. The Bertz CT molecular complexity index is 129. The fraction of sp³-hybridized carbons (Fsp3) is 1.00. The molecule has 2 aliphatic carbocycles. The Morgan fingerprint density at radius 3 is 2.64 bits per heavy atom. The molecular weight excluding hydrogens is 134 g/mol. The predicted molar refractivity (Wildman–Crippen MR) is 47.5 cm³/mol. The van der Waals surface area contributed by atoms with E-state index >= 15 is 0 Å². The topological polar surface area (TPSA) is 12.0 Å². The van der Waals surface area contributed by atoms with Crippen LogP contribution in [0.25, 0.3) is 0 Å². The lowest BCUT2D eigenvalue weighted by Crippen LogP contribution is -2.29. The molecule has 11 heavy (non-hydrogen) atoms. The van der Waals surface area contributed by atoms with E-state index in [9.17, 15) is 0 Å². The smallest absolute Gasteiger partial charge is 0.00991 e. The van der Waals surface area contributed by atoms with Gasteiger partial charge in [-0.15, -0.1) is 0 Å². The molecule has 0 aromatic rings. The van der Waals surface area contributed by atoms with Crippen molar-refractivity contribution in [1.82, 2.24) is 5.32 Å². The van der Waals surface area contributed by atoms with Crippen LogP contribution in [0.5, 0.6) is 0 Å². The molecule has 1 N–H and O–H groups in total. The molecule has 0 bridgehead atoms. The van der Waals surface area contributed by atoms with E-state index in [0.29, 0.717) is 0 Å². The quantitative estimate of drug-likeness (QED) is 0.652. The van der Waals surface area contributed by atoms with Crippen LogP contribution in [-0.4, -0.2) is 12.6 Å². The molecule has 1 nitrogen and oxygen atoms in total.